The molecule has 1 aromatic carbocycles. The Hall–Kier alpha value is -1.39. The fourth-order valence-corrected chi connectivity index (χ4v) is 2.27. The van der Waals surface area contributed by atoms with Gasteiger partial charge in [-0.3, -0.25) is 4.79 Å². The highest BCUT2D eigenvalue weighted by molar-refractivity contribution is 5.79. The lowest BCUT2D eigenvalue weighted by atomic mass is 9.89. The summed E-state index contributed by atoms with van der Waals surface area (Å²) in [4.78, 5) is 11.3. The third kappa shape index (κ3) is 1.81. The molecule has 1 fully saturated rings. The van der Waals surface area contributed by atoms with E-state index in [-0.39, 0.29) is 0 Å². The maximum absolute atomic E-state index is 11.3. The summed E-state index contributed by atoms with van der Waals surface area (Å²) in [5, 5.41) is 20.0. The summed E-state index contributed by atoms with van der Waals surface area (Å²) in [5.74, 6) is -0.948. The van der Waals surface area contributed by atoms with Crippen LogP contribution >= 0.6 is 0 Å². The smallest absolute Gasteiger partial charge is 0.326 e. The maximum Gasteiger partial charge on any atom is 0.326 e. The Labute approximate surface area is 94.1 Å². The van der Waals surface area contributed by atoms with Gasteiger partial charge in [0.15, 0.2) is 0 Å². The number of benzene rings is 1. The van der Waals surface area contributed by atoms with Gasteiger partial charge in [0.05, 0.1) is 0 Å². The minimum Gasteiger partial charge on any atom is -0.480 e. The number of hydrogen-bond acceptors (Lipinski definition) is 3. The second-order valence-electron chi connectivity index (χ2n) is 4.23. The van der Waals surface area contributed by atoms with E-state index in [0.29, 0.717) is 19.4 Å². The summed E-state index contributed by atoms with van der Waals surface area (Å²) in [6.45, 7) is 0.430. The molecule has 0 aliphatic carbocycles. The molecule has 0 aromatic heterocycles. The monoisotopic (exact) mass is 221 g/mol. The highest BCUT2D eigenvalue weighted by Gasteiger charge is 2.47. The van der Waals surface area contributed by atoms with Crippen molar-refractivity contribution in [2.75, 3.05) is 6.54 Å². The van der Waals surface area contributed by atoms with Crippen molar-refractivity contribution in [1.29, 1.82) is 0 Å². The second kappa shape index (κ2) is 4.23. The van der Waals surface area contributed by atoms with E-state index in [1.807, 2.05) is 30.3 Å². The quantitative estimate of drug-likeness (QED) is 0.812. The van der Waals surface area contributed by atoms with E-state index < -0.39 is 11.5 Å². The van der Waals surface area contributed by atoms with Gasteiger partial charge in [0.2, 0.25) is 0 Å². The first-order valence-corrected chi connectivity index (χ1v) is 5.39. The fourth-order valence-electron chi connectivity index (χ4n) is 2.27. The van der Waals surface area contributed by atoms with Gasteiger partial charge in [-0.1, -0.05) is 30.3 Å². The summed E-state index contributed by atoms with van der Waals surface area (Å²) in [7, 11) is 0. The number of carbonyl (C=O) groups is 1. The molecule has 1 atom stereocenters. The van der Waals surface area contributed by atoms with Crippen molar-refractivity contribution in [1.82, 2.24) is 5.06 Å². The van der Waals surface area contributed by atoms with Crippen LogP contribution in [0.15, 0.2) is 30.3 Å². The molecule has 1 heterocycles. The first-order chi connectivity index (χ1) is 7.65. The molecule has 86 valence electrons. The first kappa shape index (κ1) is 11.1. The second-order valence-corrected chi connectivity index (χ2v) is 4.23. The molecule has 16 heavy (non-hydrogen) atoms. The molecule has 0 radical (unpaired) electrons. The van der Waals surface area contributed by atoms with Crippen LogP contribution in [-0.2, 0) is 11.2 Å². The van der Waals surface area contributed by atoms with Gasteiger partial charge >= 0.3 is 5.97 Å². The average Bonchev–Trinajstić information content (AvgIpc) is 2.63. The third-order valence-corrected chi connectivity index (χ3v) is 3.19. The standard InChI is InChI=1S/C12H15NO3/c14-11(15)12(7-4-8-13(12)16)9-10-5-2-1-3-6-10/h1-3,5-6,16H,4,7-9H2,(H,14,15). The predicted octanol–water partition coefficient (Wildman–Crippen LogP) is 1.54. The molecule has 1 unspecified atom stereocenters. The molecule has 0 bridgehead atoms. The van der Waals surface area contributed by atoms with Gasteiger partial charge in [0, 0.05) is 13.0 Å². The average molecular weight is 221 g/mol. The summed E-state index contributed by atoms with van der Waals surface area (Å²) < 4.78 is 0. The van der Waals surface area contributed by atoms with Crippen molar-refractivity contribution in [2.45, 2.75) is 24.8 Å². The number of aliphatic carboxylic acids is 1. The molecule has 2 N–H and O–H groups in total. The van der Waals surface area contributed by atoms with Gasteiger partial charge in [0.1, 0.15) is 5.54 Å². The molecule has 4 nitrogen and oxygen atoms in total. The van der Waals surface area contributed by atoms with Gasteiger partial charge in [-0.05, 0) is 18.4 Å². The summed E-state index contributed by atoms with van der Waals surface area (Å²) in [6.07, 6.45) is 1.56. The van der Waals surface area contributed by atoms with Crippen molar-refractivity contribution >= 4 is 5.97 Å². The summed E-state index contributed by atoms with van der Waals surface area (Å²) in [5.41, 5.74) is -0.202. The van der Waals surface area contributed by atoms with Crippen molar-refractivity contribution in [3.05, 3.63) is 35.9 Å². The highest BCUT2D eigenvalue weighted by atomic mass is 16.5. The number of hydroxylamine groups is 2. The van der Waals surface area contributed by atoms with E-state index in [0.717, 1.165) is 17.0 Å². The number of carboxylic acids is 1. The van der Waals surface area contributed by atoms with Crippen molar-refractivity contribution in [3.8, 4) is 0 Å². The summed E-state index contributed by atoms with van der Waals surface area (Å²) in [6, 6.07) is 9.42. The van der Waals surface area contributed by atoms with Crippen molar-refractivity contribution < 1.29 is 15.1 Å². The summed E-state index contributed by atoms with van der Waals surface area (Å²) >= 11 is 0. The van der Waals surface area contributed by atoms with Gasteiger partial charge in [0.25, 0.3) is 0 Å². The van der Waals surface area contributed by atoms with Crippen LogP contribution in [0.3, 0.4) is 0 Å². The number of nitrogens with zero attached hydrogens (tertiary/aromatic N) is 1. The van der Waals surface area contributed by atoms with Crippen LogP contribution in [0.25, 0.3) is 0 Å². The van der Waals surface area contributed by atoms with Crippen LogP contribution in [0, 0.1) is 0 Å². The first-order valence-electron chi connectivity index (χ1n) is 5.39. The number of carboxylic acid groups (broad SMARTS) is 1. The number of rotatable bonds is 3. The van der Waals surface area contributed by atoms with Gasteiger partial charge < -0.3 is 10.3 Å². The van der Waals surface area contributed by atoms with E-state index in [9.17, 15) is 15.1 Å². The normalized spacial score (nSPS) is 25.8. The molecular weight excluding hydrogens is 206 g/mol. The van der Waals surface area contributed by atoms with Crippen LogP contribution in [0.4, 0.5) is 0 Å². The molecule has 4 heteroatoms. The zero-order valence-corrected chi connectivity index (χ0v) is 8.97. The van der Waals surface area contributed by atoms with Crippen LogP contribution in [-0.4, -0.2) is 33.4 Å². The Kier molecular flexibility index (Phi) is 2.94. The van der Waals surface area contributed by atoms with E-state index in [2.05, 4.69) is 0 Å². The Morgan fingerprint density at radius 2 is 2.06 bits per heavy atom. The molecule has 0 amide bonds. The lowest BCUT2D eigenvalue weighted by Gasteiger charge is -2.29. The van der Waals surface area contributed by atoms with E-state index in [1.54, 1.807) is 0 Å². The minimum atomic E-state index is -1.14. The molecule has 0 saturated carbocycles. The maximum atomic E-state index is 11.3. The molecule has 1 aliphatic heterocycles. The van der Waals surface area contributed by atoms with Crippen LogP contribution in [0.1, 0.15) is 18.4 Å². The zero-order valence-electron chi connectivity index (χ0n) is 8.97. The molecule has 0 spiro atoms. The third-order valence-electron chi connectivity index (χ3n) is 3.19. The largest absolute Gasteiger partial charge is 0.480 e. The molecule has 2 rings (SSSR count). The van der Waals surface area contributed by atoms with Gasteiger partial charge in [-0.15, -0.1) is 0 Å². The molecule has 1 aromatic rings. The molecule has 1 saturated heterocycles. The minimum absolute atomic E-state index is 0.347. The Bertz CT molecular complexity index is 379. The van der Waals surface area contributed by atoms with Crippen LogP contribution in [0.2, 0.25) is 0 Å². The molecular formula is C12H15NO3. The van der Waals surface area contributed by atoms with Crippen LogP contribution in [0.5, 0.6) is 0 Å². The van der Waals surface area contributed by atoms with E-state index in [1.165, 1.54) is 0 Å². The Morgan fingerprint density at radius 1 is 1.38 bits per heavy atom. The topological polar surface area (TPSA) is 60.8 Å². The van der Waals surface area contributed by atoms with Gasteiger partial charge in [-0.25, -0.2) is 0 Å². The van der Waals surface area contributed by atoms with E-state index >= 15 is 0 Å². The predicted molar refractivity (Wildman–Crippen MR) is 58.2 cm³/mol. The fraction of sp³-hybridized carbons (Fsp3) is 0.417. The Balaban J connectivity index is 2.25. The molecule has 1 aliphatic rings. The lowest BCUT2D eigenvalue weighted by Crippen LogP contribution is -2.50. The number of hydrogen-bond donors (Lipinski definition) is 2. The van der Waals surface area contributed by atoms with Crippen molar-refractivity contribution in [3.63, 3.8) is 0 Å². The zero-order chi connectivity index (χ0) is 11.6. The van der Waals surface area contributed by atoms with E-state index in [4.69, 9.17) is 0 Å². The van der Waals surface area contributed by atoms with Gasteiger partial charge in [-0.2, -0.15) is 5.06 Å². The van der Waals surface area contributed by atoms with Crippen molar-refractivity contribution in [2.24, 2.45) is 0 Å². The highest BCUT2D eigenvalue weighted by Crippen LogP contribution is 2.31. The Morgan fingerprint density at radius 3 is 2.56 bits per heavy atom. The van der Waals surface area contributed by atoms with Crippen LogP contribution < -0.4 is 0 Å². The lowest BCUT2D eigenvalue weighted by molar-refractivity contribution is -0.184. The SMILES string of the molecule is O=C(O)C1(Cc2ccccc2)CCCN1O.